The van der Waals surface area contributed by atoms with Gasteiger partial charge in [-0.15, -0.1) is 0 Å². The van der Waals surface area contributed by atoms with Crippen molar-refractivity contribution in [3.63, 3.8) is 0 Å². The highest BCUT2D eigenvalue weighted by molar-refractivity contribution is 7.91. The molecule has 0 aromatic heterocycles. The molecule has 1 unspecified atom stereocenters. The Morgan fingerprint density at radius 2 is 2.06 bits per heavy atom. The summed E-state index contributed by atoms with van der Waals surface area (Å²) in [5, 5.41) is 9.79. The topological polar surface area (TPSA) is 90.2 Å². The van der Waals surface area contributed by atoms with Gasteiger partial charge in [-0.05, 0) is 31.5 Å². The van der Waals surface area contributed by atoms with E-state index in [0.29, 0.717) is 5.56 Å². The fraction of sp³-hybridized carbons (Fsp3) is 0.300. The first kappa shape index (κ1) is 11.1. The summed E-state index contributed by atoms with van der Waals surface area (Å²) in [5.41, 5.74) is -0.306. The molecular formula is C10H12N2O3S. The Morgan fingerprint density at radius 1 is 1.44 bits per heavy atom. The smallest absolute Gasteiger partial charge is 0.265 e. The molecule has 0 aliphatic carbocycles. The Balaban J connectivity index is 2.67. The van der Waals surface area contributed by atoms with E-state index in [1.165, 1.54) is 12.1 Å². The zero-order valence-electron chi connectivity index (χ0n) is 8.90. The number of amides is 1. The van der Waals surface area contributed by atoms with E-state index in [1.807, 2.05) is 0 Å². The number of aliphatic hydroxyl groups is 1. The number of benzene rings is 1. The van der Waals surface area contributed by atoms with Gasteiger partial charge in [-0.25, -0.2) is 8.99 Å². The third-order valence-electron chi connectivity index (χ3n) is 2.48. The lowest BCUT2D eigenvalue weighted by molar-refractivity contribution is 0.0784. The fourth-order valence-corrected chi connectivity index (χ4v) is 2.78. The number of carbonyl (C=O) groups is 1. The summed E-state index contributed by atoms with van der Waals surface area (Å²) >= 11 is 0. The van der Waals surface area contributed by atoms with Crippen LogP contribution in [0.25, 0.3) is 0 Å². The average molecular weight is 240 g/mol. The van der Waals surface area contributed by atoms with Crippen LogP contribution in [0.2, 0.25) is 0 Å². The van der Waals surface area contributed by atoms with Crippen LogP contribution in [0.4, 0.5) is 0 Å². The molecule has 0 saturated carbocycles. The van der Waals surface area contributed by atoms with Crippen molar-refractivity contribution in [1.82, 2.24) is 4.72 Å². The van der Waals surface area contributed by atoms with Crippen LogP contribution in [0.1, 0.15) is 29.8 Å². The van der Waals surface area contributed by atoms with Gasteiger partial charge < -0.3 is 5.11 Å². The number of carbonyl (C=O) groups excluding carboxylic acids is 1. The highest BCUT2D eigenvalue weighted by Crippen LogP contribution is 2.28. The molecule has 1 aromatic rings. The molecule has 5 nitrogen and oxygen atoms in total. The van der Waals surface area contributed by atoms with Crippen LogP contribution in [0.3, 0.4) is 0 Å². The average Bonchev–Trinajstić information content (AvgIpc) is 2.36. The van der Waals surface area contributed by atoms with Crippen LogP contribution >= 0.6 is 0 Å². The van der Waals surface area contributed by atoms with Crippen molar-refractivity contribution < 1.29 is 14.1 Å². The summed E-state index contributed by atoms with van der Waals surface area (Å²) in [7, 11) is -3.20. The first-order valence-electron chi connectivity index (χ1n) is 4.69. The Bertz CT molecular complexity index is 570. The molecular weight excluding hydrogens is 228 g/mol. The standard InChI is InChI=1S/C10H12N2O3S/c1-10(2,14)6-3-4-8-7(5-6)9(13)12-16(8,11)15/h3-5,14H,1-2H3,(H2,11,12,13,15). The van der Waals surface area contributed by atoms with Gasteiger partial charge in [0.05, 0.1) is 16.1 Å². The first-order valence-corrected chi connectivity index (χ1v) is 6.25. The summed E-state index contributed by atoms with van der Waals surface area (Å²) in [6.07, 6.45) is 0. The molecule has 1 aromatic carbocycles. The third kappa shape index (κ3) is 1.60. The van der Waals surface area contributed by atoms with Gasteiger partial charge in [0.2, 0.25) is 0 Å². The number of nitrogens with one attached hydrogen (secondary N) is 2. The molecule has 1 aliphatic rings. The summed E-state index contributed by atoms with van der Waals surface area (Å²) in [6.45, 7) is 3.19. The third-order valence-corrected chi connectivity index (χ3v) is 3.92. The molecule has 6 heteroatoms. The maximum Gasteiger partial charge on any atom is 0.265 e. The molecule has 0 bridgehead atoms. The monoisotopic (exact) mass is 240 g/mol. The summed E-state index contributed by atoms with van der Waals surface area (Å²) in [5.74, 6) is -0.527. The second kappa shape index (κ2) is 3.05. The minimum absolute atomic E-state index is 0.186. The quantitative estimate of drug-likeness (QED) is 0.683. The van der Waals surface area contributed by atoms with E-state index in [4.69, 9.17) is 4.78 Å². The van der Waals surface area contributed by atoms with E-state index < -0.39 is 21.4 Å². The van der Waals surface area contributed by atoms with Gasteiger partial charge in [-0.3, -0.25) is 9.52 Å². The van der Waals surface area contributed by atoms with Crippen molar-refractivity contribution in [3.8, 4) is 0 Å². The summed E-state index contributed by atoms with van der Waals surface area (Å²) in [4.78, 5) is 11.7. The maximum absolute atomic E-state index is 11.7. The molecule has 0 spiro atoms. The lowest BCUT2D eigenvalue weighted by Crippen LogP contribution is -2.19. The number of rotatable bonds is 1. The van der Waals surface area contributed by atoms with E-state index in [9.17, 15) is 14.1 Å². The normalized spacial score (nSPS) is 24.1. The summed E-state index contributed by atoms with van der Waals surface area (Å²) < 4.78 is 21.2. The molecule has 1 heterocycles. The lowest BCUT2D eigenvalue weighted by atomic mass is 9.96. The predicted molar refractivity (Wildman–Crippen MR) is 58.3 cm³/mol. The van der Waals surface area contributed by atoms with Gasteiger partial charge in [0.25, 0.3) is 5.91 Å². The highest BCUT2D eigenvalue weighted by Gasteiger charge is 2.31. The van der Waals surface area contributed by atoms with Gasteiger partial charge in [-0.1, -0.05) is 6.07 Å². The van der Waals surface area contributed by atoms with Crippen LogP contribution in [-0.2, 0) is 15.5 Å². The number of hydrogen-bond acceptors (Lipinski definition) is 4. The molecule has 0 fully saturated rings. The first-order chi connectivity index (χ1) is 7.22. The van der Waals surface area contributed by atoms with E-state index in [-0.39, 0.29) is 10.5 Å². The molecule has 0 radical (unpaired) electrons. The van der Waals surface area contributed by atoms with Gasteiger partial charge in [0, 0.05) is 0 Å². The Kier molecular flexibility index (Phi) is 2.12. The van der Waals surface area contributed by atoms with Gasteiger partial charge in [0.15, 0.2) is 9.92 Å². The molecule has 0 saturated heterocycles. The lowest BCUT2D eigenvalue weighted by Gasteiger charge is -2.17. The van der Waals surface area contributed by atoms with E-state index in [0.717, 1.165) is 0 Å². The van der Waals surface area contributed by atoms with Crippen LogP contribution in [0, 0.1) is 4.78 Å². The SMILES string of the molecule is CC(C)(O)c1ccc2c(c1)C(=O)NS2(=N)=O. The zero-order valence-corrected chi connectivity index (χ0v) is 9.72. The van der Waals surface area contributed by atoms with Gasteiger partial charge in [-0.2, -0.15) is 0 Å². The van der Waals surface area contributed by atoms with Crippen molar-refractivity contribution >= 4 is 15.8 Å². The number of hydrogen-bond donors (Lipinski definition) is 3. The van der Waals surface area contributed by atoms with Crippen LogP contribution in [0.5, 0.6) is 0 Å². The highest BCUT2D eigenvalue weighted by atomic mass is 32.2. The van der Waals surface area contributed by atoms with Crippen LogP contribution in [0.15, 0.2) is 23.1 Å². The largest absolute Gasteiger partial charge is 0.386 e. The Labute approximate surface area is 93.6 Å². The molecule has 2 rings (SSSR count). The molecule has 86 valence electrons. The van der Waals surface area contributed by atoms with E-state index >= 15 is 0 Å². The Morgan fingerprint density at radius 3 is 2.62 bits per heavy atom. The second-order valence-corrected chi connectivity index (χ2v) is 6.01. The van der Waals surface area contributed by atoms with Crippen molar-refractivity contribution in [1.29, 1.82) is 4.78 Å². The fourth-order valence-electron chi connectivity index (χ4n) is 1.58. The minimum atomic E-state index is -3.20. The molecule has 1 aliphatic heterocycles. The van der Waals surface area contributed by atoms with Crippen molar-refractivity contribution in [2.75, 3.05) is 0 Å². The molecule has 16 heavy (non-hydrogen) atoms. The molecule has 3 N–H and O–H groups in total. The Hall–Kier alpha value is -1.40. The molecule has 1 amide bonds. The summed E-state index contributed by atoms with van der Waals surface area (Å²) in [6, 6.07) is 4.51. The second-order valence-electron chi connectivity index (χ2n) is 4.26. The van der Waals surface area contributed by atoms with Crippen LogP contribution in [-0.4, -0.2) is 15.2 Å². The molecule has 1 atom stereocenters. The van der Waals surface area contributed by atoms with Crippen molar-refractivity contribution in [2.45, 2.75) is 24.3 Å². The van der Waals surface area contributed by atoms with Crippen molar-refractivity contribution in [2.24, 2.45) is 0 Å². The van der Waals surface area contributed by atoms with Gasteiger partial charge in [0.1, 0.15) is 0 Å². The van der Waals surface area contributed by atoms with E-state index in [1.54, 1.807) is 19.9 Å². The van der Waals surface area contributed by atoms with Crippen molar-refractivity contribution in [3.05, 3.63) is 29.3 Å². The van der Waals surface area contributed by atoms with Crippen LogP contribution < -0.4 is 4.72 Å². The number of fused-ring (bicyclic) bond motifs is 1. The van der Waals surface area contributed by atoms with Gasteiger partial charge >= 0.3 is 0 Å². The zero-order chi connectivity index (χ0) is 12.1. The minimum Gasteiger partial charge on any atom is -0.386 e. The van der Waals surface area contributed by atoms with E-state index in [2.05, 4.69) is 4.72 Å². The predicted octanol–water partition coefficient (Wildman–Crippen LogP) is 0.978. The maximum atomic E-state index is 11.7.